The van der Waals surface area contributed by atoms with Crippen LogP contribution in [0.2, 0.25) is 0 Å². The van der Waals surface area contributed by atoms with Crippen molar-refractivity contribution in [1.82, 2.24) is 15.6 Å². The van der Waals surface area contributed by atoms with Gasteiger partial charge in [0.25, 0.3) is 5.91 Å². The maximum Gasteiger partial charge on any atom is 0.263 e. The molecule has 1 aromatic heterocycles. The summed E-state index contributed by atoms with van der Waals surface area (Å²) in [5.74, 6) is -0.0294. The van der Waals surface area contributed by atoms with Crippen LogP contribution in [-0.2, 0) is 0 Å². The van der Waals surface area contributed by atoms with Crippen molar-refractivity contribution in [2.24, 2.45) is 0 Å². The molecular weight excluding hydrogens is 234 g/mol. The van der Waals surface area contributed by atoms with E-state index in [0.29, 0.717) is 4.88 Å². The Labute approximate surface area is 105 Å². The van der Waals surface area contributed by atoms with E-state index in [1.165, 1.54) is 16.9 Å². The van der Waals surface area contributed by atoms with E-state index in [0.717, 1.165) is 24.5 Å². The summed E-state index contributed by atoms with van der Waals surface area (Å²) in [5, 5.41) is 7.11. The third-order valence-corrected chi connectivity index (χ3v) is 3.56. The van der Waals surface area contributed by atoms with E-state index in [9.17, 15) is 4.79 Å². The quantitative estimate of drug-likeness (QED) is 0.859. The first-order chi connectivity index (χ1) is 8.16. The van der Waals surface area contributed by atoms with Crippen molar-refractivity contribution in [3.05, 3.63) is 22.2 Å². The van der Waals surface area contributed by atoms with Crippen LogP contribution in [0.1, 0.15) is 34.9 Å². The molecule has 1 aromatic rings. The van der Waals surface area contributed by atoms with Gasteiger partial charge in [0.15, 0.2) is 0 Å². The lowest BCUT2D eigenvalue weighted by Crippen LogP contribution is -2.29. The number of thiazole rings is 1. The Morgan fingerprint density at radius 2 is 2.41 bits per heavy atom. The number of hydrogen-bond acceptors (Lipinski definition) is 4. The summed E-state index contributed by atoms with van der Waals surface area (Å²) in [7, 11) is 0. The minimum absolute atomic E-state index is 0.0294. The van der Waals surface area contributed by atoms with Crippen LogP contribution in [-0.4, -0.2) is 30.0 Å². The average molecular weight is 251 g/mol. The Bertz CT molecular complexity index is 437. The van der Waals surface area contributed by atoms with Gasteiger partial charge in [-0.2, -0.15) is 0 Å². The number of carbonyl (C=O) groups is 1. The third kappa shape index (κ3) is 3.14. The number of amides is 1. The molecule has 17 heavy (non-hydrogen) atoms. The number of hydrogen-bond donors (Lipinski definition) is 2. The number of rotatable bonds is 3. The summed E-state index contributed by atoms with van der Waals surface area (Å²) >= 11 is 1.47. The summed E-state index contributed by atoms with van der Waals surface area (Å²) in [5.41, 5.74) is 1.25. The molecule has 0 fully saturated rings. The fourth-order valence-electron chi connectivity index (χ4n) is 1.68. The first-order valence-corrected chi connectivity index (χ1v) is 6.65. The van der Waals surface area contributed by atoms with Gasteiger partial charge in [-0.15, -0.1) is 11.3 Å². The minimum Gasteiger partial charge on any atom is -0.349 e. The predicted octanol–water partition coefficient (Wildman–Crippen LogP) is 1.66. The van der Waals surface area contributed by atoms with Crippen LogP contribution in [0.3, 0.4) is 0 Å². The molecule has 5 heteroatoms. The molecule has 4 nitrogen and oxygen atoms in total. The Kier molecular flexibility index (Phi) is 3.91. The maximum absolute atomic E-state index is 11.8. The summed E-state index contributed by atoms with van der Waals surface area (Å²) in [4.78, 5) is 16.8. The first kappa shape index (κ1) is 12.3. The van der Waals surface area contributed by atoms with E-state index in [1.807, 2.05) is 13.8 Å². The van der Waals surface area contributed by atoms with Gasteiger partial charge in [-0.1, -0.05) is 6.08 Å². The van der Waals surface area contributed by atoms with E-state index in [1.54, 1.807) is 6.20 Å². The topological polar surface area (TPSA) is 54.0 Å². The Morgan fingerprint density at radius 1 is 1.59 bits per heavy atom. The van der Waals surface area contributed by atoms with E-state index >= 15 is 0 Å². The summed E-state index contributed by atoms with van der Waals surface area (Å²) in [6, 6.07) is 0.158. The highest BCUT2D eigenvalue weighted by molar-refractivity contribution is 7.14. The lowest BCUT2D eigenvalue weighted by atomic mass is 10.1. The standard InChI is InChI=1S/C12H17N3OS/c1-8(2)15-11(16)10-7-14-12(17-10)9-3-5-13-6-4-9/h3,7-8,13H,4-6H2,1-2H3,(H,15,16). The molecule has 0 aliphatic carbocycles. The molecule has 92 valence electrons. The molecule has 0 saturated heterocycles. The fraction of sp³-hybridized carbons (Fsp3) is 0.500. The average Bonchev–Trinajstić information content (AvgIpc) is 2.78. The van der Waals surface area contributed by atoms with Gasteiger partial charge >= 0.3 is 0 Å². The summed E-state index contributed by atoms with van der Waals surface area (Å²) in [6.45, 7) is 5.78. The van der Waals surface area contributed by atoms with E-state index in [2.05, 4.69) is 21.7 Å². The van der Waals surface area contributed by atoms with Gasteiger partial charge in [0.1, 0.15) is 9.88 Å². The zero-order chi connectivity index (χ0) is 12.3. The maximum atomic E-state index is 11.8. The second-order valence-electron chi connectivity index (χ2n) is 4.34. The highest BCUT2D eigenvalue weighted by atomic mass is 32.1. The van der Waals surface area contributed by atoms with Crippen molar-refractivity contribution >= 4 is 22.8 Å². The lowest BCUT2D eigenvalue weighted by molar-refractivity contribution is 0.0947. The predicted molar refractivity (Wildman–Crippen MR) is 70.2 cm³/mol. The lowest BCUT2D eigenvalue weighted by Gasteiger charge is -2.11. The molecule has 0 spiro atoms. The van der Waals surface area contributed by atoms with Gasteiger partial charge in [0.05, 0.1) is 6.20 Å². The molecule has 2 rings (SSSR count). The van der Waals surface area contributed by atoms with Crippen LogP contribution >= 0.6 is 11.3 Å². The van der Waals surface area contributed by atoms with Crippen molar-refractivity contribution in [2.45, 2.75) is 26.3 Å². The second kappa shape index (κ2) is 5.42. The van der Waals surface area contributed by atoms with Crippen LogP contribution in [0.5, 0.6) is 0 Å². The van der Waals surface area contributed by atoms with Crippen molar-refractivity contribution in [2.75, 3.05) is 13.1 Å². The number of nitrogens with one attached hydrogen (secondary N) is 2. The second-order valence-corrected chi connectivity index (χ2v) is 5.37. The molecule has 0 aromatic carbocycles. The molecule has 0 bridgehead atoms. The molecule has 0 unspecified atom stereocenters. The summed E-state index contributed by atoms with van der Waals surface area (Å²) in [6.07, 6.45) is 4.80. The Balaban J connectivity index is 2.10. The van der Waals surface area contributed by atoms with Gasteiger partial charge in [-0.05, 0) is 32.4 Å². The van der Waals surface area contributed by atoms with Crippen LogP contribution in [0, 0.1) is 0 Å². The first-order valence-electron chi connectivity index (χ1n) is 5.83. The van der Waals surface area contributed by atoms with Crippen molar-refractivity contribution in [3.8, 4) is 0 Å². The summed E-state index contributed by atoms with van der Waals surface area (Å²) < 4.78 is 0. The Hall–Kier alpha value is -1.20. The molecule has 2 heterocycles. The molecule has 0 atom stereocenters. The SMILES string of the molecule is CC(C)NC(=O)c1cnc(C2=CCNCC2)s1. The van der Waals surface area contributed by atoms with E-state index in [4.69, 9.17) is 0 Å². The van der Waals surface area contributed by atoms with E-state index < -0.39 is 0 Å². The van der Waals surface area contributed by atoms with Crippen LogP contribution in [0.4, 0.5) is 0 Å². The smallest absolute Gasteiger partial charge is 0.263 e. The van der Waals surface area contributed by atoms with Crippen molar-refractivity contribution in [1.29, 1.82) is 0 Å². The molecule has 0 radical (unpaired) electrons. The largest absolute Gasteiger partial charge is 0.349 e. The Morgan fingerprint density at radius 3 is 3.06 bits per heavy atom. The normalized spacial score (nSPS) is 15.8. The van der Waals surface area contributed by atoms with Crippen molar-refractivity contribution in [3.63, 3.8) is 0 Å². The van der Waals surface area contributed by atoms with Gasteiger partial charge in [-0.25, -0.2) is 4.98 Å². The number of aromatic nitrogens is 1. The van der Waals surface area contributed by atoms with Gasteiger partial charge in [0.2, 0.25) is 0 Å². The van der Waals surface area contributed by atoms with Crippen LogP contribution in [0.25, 0.3) is 5.57 Å². The molecule has 2 N–H and O–H groups in total. The molecule has 0 saturated carbocycles. The number of nitrogens with zero attached hydrogens (tertiary/aromatic N) is 1. The van der Waals surface area contributed by atoms with Gasteiger partial charge in [-0.3, -0.25) is 4.79 Å². The van der Waals surface area contributed by atoms with Gasteiger partial charge in [0, 0.05) is 12.6 Å². The van der Waals surface area contributed by atoms with Crippen LogP contribution < -0.4 is 10.6 Å². The van der Waals surface area contributed by atoms with Gasteiger partial charge < -0.3 is 10.6 Å². The zero-order valence-electron chi connectivity index (χ0n) is 10.1. The molecule has 1 aliphatic heterocycles. The van der Waals surface area contributed by atoms with E-state index in [-0.39, 0.29) is 11.9 Å². The molecular formula is C12H17N3OS. The number of carbonyl (C=O) groups excluding carboxylic acids is 1. The zero-order valence-corrected chi connectivity index (χ0v) is 10.9. The highest BCUT2D eigenvalue weighted by Gasteiger charge is 2.14. The monoisotopic (exact) mass is 251 g/mol. The minimum atomic E-state index is -0.0294. The highest BCUT2D eigenvalue weighted by Crippen LogP contribution is 2.24. The van der Waals surface area contributed by atoms with Crippen molar-refractivity contribution < 1.29 is 4.79 Å². The third-order valence-electron chi connectivity index (χ3n) is 2.49. The molecule has 1 aliphatic rings. The fourth-order valence-corrected chi connectivity index (χ4v) is 2.56. The molecule has 1 amide bonds. The van der Waals surface area contributed by atoms with Crippen LogP contribution in [0.15, 0.2) is 12.3 Å².